The van der Waals surface area contributed by atoms with Crippen LogP contribution in [-0.4, -0.2) is 46.3 Å². The number of ether oxygens (including phenoxy) is 3. The van der Waals surface area contributed by atoms with Crippen LogP contribution in [0.2, 0.25) is 0 Å². The normalized spacial score (nSPS) is 43.5. The maximum atomic E-state index is 13.6. The minimum absolute atomic E-state index is 0.00398. The van der Waals surface area contributed by atoms with Crippen LogP contribution in [0.3, 0.4) is 0 Å². The van der Waals surface area contributed by atoms with Gasteiger partial charge < -0.3 is 19.3 Å². The number of hydrogen-bond donors (Lipinski definition) is 1. The smallest absolute Gasteiger partial charge is 0.333 e. The first-order valence-electron chi connectivity index (χ1n) is 15.7. The zero-order valence-corrected chi connectivity index (χ0v) is 25.0. The van der Waals surface area contributed by atoms with Crippen molar-refractivity contribution in [3.05, 3.63) is 12.2 Å². The van der Waals surface area contributed by atoms with Crippen LogP contribution in [0.1, 0.15) is 98.3 Å². The van der Waals surface area contributed by atoms with Crippen LogP contribution in [0, 0.1) is 52.8 Å². The molecule has 0 radical (unpaired) electrons. The number of carbonyl (C=O) groups is 4. The lowest BCUT2D eigenvalue weighted by Gasteiger charge is -2.62. The van der Waals surface area contributed by atoms with Gasteiger partial charge in [0, 0.05) is 23.3 Å². The molecule has 0 aromatic heterocycles. The third-order valence-electron chi connectivity index (χ3n) is 11.7. The van der Waals surface area contributed by atoms with Gasteiger partial charge in [-0.05, 0) is 115 Å². The molecule has 0 saturated heterocycles. The minimum Gasteiger partial charge on any atom is -0.481 e. The fraction of sp³-hybridized carbons (Fsp3) is 0.818. The Morgan fingerprint density at radius 3 is 1.90 bits per heavy atom. The maximum Gasteiger partial charge on any atom is 0.333 e. The molecule has 8 rings (SSSR count). The summed E-state index contributed by atoms with van der Waals surface area (Å²) in [6.45, 7) is 10.9. The molecule has 3 unspecified atom stereocenters. The molecule has 0 spiro atoms. The summed E-state index contributed by atoms with van der Waals surface area (Å²) in [6, 6.07) is 0. The van der Waals surface area contributed by atoms with E-state index in [1.165, 1.54) is 6.42 Å². The standard InChI is InChI=1S/C33H46O8/c1-17(2)29(37)40-33(16-26(34)35)23-9-21-10-24(33)12-22(11-23)28(21)39-27(36)13-25-20-7-18-6-19(8-20)15-32(25,14-18)41-30(38)31(3,4)5/h18-25,28H,1,6-16H2,2-5H3,(H,34,35). The van der Waals surface area contributed by atoms with Crippen LogP contribution >= 0.6 is 0 Å². The zero-order chi connectivity index (χ0) is 29.5. The Morgan fingerprint density at radius 1 is 0.854 bits per heavy atom. The molecule has 0 heterocycles. The van der Waals surface area contributed by atoms with E-state index in [0.717, 1.165) is 25.7 Å². The van der Waals surface area contributed by atoms with E-state index >= 15 is 0 Å². The minimum atomic E-state index is -1.02. The van der Waals surface area contributed by atoms with Crippen molar-refractivity contribution in [1.82, 2.24) is 0 Å². The molecule has 3 atom stereocenters. The first-order chi connectivity index (χ1) is 19.2. The number of carboxylic acids is 1. The van der Waals surface area contributed by atoms with Crippen LogP contribution in [0.5, 0.6) is 0 Å². The van der Waals surface area contributed by atoms with Crippen molar-refractivity contribution in [1.29, 1.82) is 0 Å². The van der Waals surface area contributed by atoms with Crippen LogP contribution in [0.15, 0.2) is 12.2 Å². The predicted molar refractivity (Wildman–Crippen MR) is 148 cm³/mol. The second-order valence-electron chi connectivity index (χ2n) is 15.6. The van der Waals surface area contributed by atoms with Crippen molar-refractivity contribution in [2.75, 3.05) is 0 Å². The van der Waals surface area contributed by atoms with Gasteiger partial charge in [-0.25, -0.2) is 4.79 Å². The quantitative estimate of drug-likeness (QED) is 0.232. The summed E-state index contributed by atoms with van der Waals surface area (Å²) in [5.41, 5.74) is -1.91. The summed E-state index contributed by atoms with van der Waals surface area (Å²) in [5.74, 6) is -0.207. The van der Waals surface area contributed by atoms with E-state index in [9.17, 15) is 24.3 Å². The van der Waals surface area contributed by atoms with Crippen molar-refractivity contribution < 1.29 is 38.5 Å². The van der Waals surface area contributed by atoms with Crippen molar-refractivity contribution >= 4 is 23.9 Å². The van der Waals surface area contributed by atoms with Gasteiger partial charge >= 0.3 is 23.9 Å². The van der Waals surface area contributed by atoms with Gasteiger partial charge in [0.1, 0.15) is 17.3 Å². The van der Waals surface area contributed by atoms with E-state index in [-0.39, 0.29) is 66.0 Å². The summed E-state index contributed by atoms with van der Waals surface area (Å²) in [4.78, 5) is 51.1. The third-order valence-corrected chi connectivity index (χ3v) is 11.7. The van der Waals surface area contributed by atoms with Gasteiger partial charge in [-0.1, -0.05) is 6.58 Å². The molecule has 8 bridgehead atoms. The zero-order valence-electron chi connectivity index (χ0n) is 25.0. The van der Waals surface area contributed by atoms with Crippen LogP contribution in [0.4, 0.5) is 0 Å². The lowest BCUT2D eigenvalue weighted by molar-refractivity contribution is -0.237. The molecule has 0 aliphatic heterocycles. The summed E-state index contributed by atoms with van der Waals surface area (Å²) < 4.78 is 18.6. The van der Waals surface area contributed by atoms with Crippen molar-refractivity contribution in [2.45, 2.75) is 116 Å². The van der Waals surface area contributed by atoms with Crippen molar-refractivity contribution in [3.8, 4) is 0 Å². The van der Waals surface area contributed by atoms with Crippen LogP contribution in [0.25, 0.3) is 0 Å². The van der Waals surface area contributed by atoms with Crippen LogP contribution in [-0.2, 0) is 33.4 Å². The number of hydrogen-bond acceptors (Lipinski definition) is 7. The molecule has 226 valence electrons. The number of aliphatic carboxylic acids is 1. The van der Waals surface area contributed by atoms with Crippen molar-refractivity contribution in [3.63, 3.8) is 0 Å². The number of carboxylic acid groups (broad SMARTS) is 1. The van der Waals surface area contributed by atoms with Gasteiger partial charge in [-0.15, -0.1) is 0 Å². The van der Waals surface area contributed by atoms with E-state index in [1.54, 1.807) is 6.92 Å². The second kappa shape index (κ2) is 9.84. The fourth-order valence-corrected chi connectivity index (χ4v) is 10.4. The average molecular weight is 571 g/mol. The molecule has 0 aromatic carbocycles. The largest absolute Gasteiger partial charge is 0.481 e. The van der Waals surface area contributed by atoms with E-state index in [2.05, 4.69) is 6.58 Å². The van der Waals surface area contributed by atoms with Gasteiger partial charge in [-0.2, -0.15) is 0 Å². The first kappa shape index (κ1) is 28.7. The van der Waals surface area contributed by atoms with Gasteiger partial charge in [0.15, 0.2) is 0 Å². The number of esters is 3. The summed E-state index contributed by atoms with van der Waals surface area (Å²) >= 11 is 0. The lowest BCUT2D eigenvalue weighted by atomic mass is 9.48. The first-order valence-corrected chi connectivity index (χ1v) is 15.7. The summed E-state index contributed by atoms with van der Waals surface area (Å²) in [5, 5.41) is 9.73. The molecule has 8 saturated carbocycles. The Balaban J connectivity index is 1.15. The Bertz CT molecular complexity index is 1100. The molecular formula is C33H46O8. The Hall–Kier alpha value is -2.38. The molecule has 8 fully saturated rings. The molecule has 8 heteroatoms. The highest BCUT2D eigenvalue weighted by molar-refractivity contribution is 5.87. The van der Waals surface area contributed by atoms with E-state index in [1.807, 2.05) is 20.8 Å². The Labute approximate surface area is 242 Å². The SMILES string of the molecule is C=C(C)C(=O)OC1(CC(=O)O)C2CC3CC1CC(C2)C3OC(=O)CC1C2CC3CC(C2)CC1(OC(=O)C(C)(C)C)C3. The van der Waals surface area contributed by atoms with Crippen LogP contribution < -0.4 is 0 Å². The second-order valence-corrected chi connectivity index (χ2v) is 15.6. The predicted octanol–water partition coefficient (Wildman–Crippen LogP) is 5.47. The van der Waals surface area contributed by atoms with Gasteiger partial charge in [-0.3, -0.25) is 14.4 Å². The Morgan fingerprint density at radius 2 is 1.41 bits per heavy atom. The van der Waals surface area contributed by atoms with Crippen molar-refractivity contribution in [2.24, 2.45) is 52.8 Å². The molecule has 8 nitrogen and oxygen atoms in total. The molecule has 1 N–H and O–H groups in total. The van der Waals surface area contributed by atoms with E-state index in [4.69, 9.17) is 14.2 Å². The Kier molecular flexibility index (Phi) is 6.89. The molecule has 0 aromatic rings. The summed E-state index contributed by atoms with van der Waals surface area (Å²) in [6.07, 6.45) is 7.75. The lowest BCUT2D eigenvalue weighted by Crippen LogP contribution is -2.64. The van der Waals surface area contributed by atoms with Gasteiger partial charge in [0.05, 0.1) is 18.3 Å². The molecule has 0 amide bonds. The molecular weight excluding hydrogens is 524 g/mol. The van der Waals surface area contributed by atoms with Gasteiger partial charge in [0.2, 0.25) is 0 Å². The highest BCUT2D eigenvalue weighted by Gasteiger charge is 2.65. The van der Waals surface area contributed by atoms with E-state index in [0.29, 0.717) is 43.4 Å². The number of rotatable bonds is 8. The monoisotopic (exact) mass is 570 g/mol. The molecule has 8 aliphatic rings. The fourth-order valence-electron chi connectivity index (χ4n) is 10.4. The topological polar surface area (TPSA) is 116 Å². The highest BCUT2D eigenvalue weighted by atomic mass is 16.6. The van der Waals surface area contributed by atoms with Gasteiger partial charge in [0.25, 0.3) is 0 Å². The molecule has 8 aliphatic carbocycles. The average Bonchev–Trinajstić information content (AvgIpc) is 2.83. The highest BCUT2D eigenvalue weighted by Crippen LogP contribution is 2.63. The summed E-state index contributed by atoms with van der Waals surface area (Å²) in [7, 11) is 0. The van der Waals surface area contributed by atoms with E-state index < -0.39 is 28.6 Å². The molecule has 41 heavy (non-hydrogen) atoms. The maximum absolute atomic E-state index is 13.6. The number of carbonyl (C=O) groups excluding carboxylic acids is 3. The third kappa shape index (κ3) is 4.91.